The minimum atomic E-state index is -0.884. The summed E-state index contributed by atoms with van der Waals surface area (Å²) in [7, 11) is 0. The highest BCUT2D eigenvalue weighted by Crippen LogP contribution is 2.64. The summed E-state index contributed by atoms with van der Waals surface area (Å²) in [4.78, 5) is 15.3. The van der Waals surface area contributed by atoms with Gasteiger partial charge in [0, 0.05) is 0 Å². The zero-order valence-electron chi connectivity index (χ0n) is 11.0. The smallest absolute Gasteiger partial charge is 0.307 e. The molecule has 1 N–H and O–H groups in total. The van der Waals surface area contributed by atoms with Crippen molar-refractivity contribution >= 4 is 5.97 Å². The number of nitrogens with zero attached hydrogens (tertiary/aromatic N) is 2. The Morgan fingerprint density at radius 3 is 2.70 bits per heavy atom. The van der Waals surface area contributed by atoms with Gasteiger partial charge in [-0.1, -0.05) is 31.1 Å². The second-order valence-electron chi connectivity index (χ2n) is 5.55. The summed E-state index contributed by atoms with van der Waals surface area (Å²) in [6, 6.07) is 6.11. The number of benzene rings is 1. The molecule has 0 bridgehead atoms. The topological polar surface area (TPSA) is 76.2 Å². The van der Waals surface area contributed by atoms with E-state index in [0.717, 1.165) is 0 Å². The number of carboxylic acids is 1. The highest BCUT2D eigenvalue weighted by atomic mass is 19.1. The van der Waals surface area contributed by atoms with Crippen LogP contribution in [0.2, 0.25) is 0 Å². The van der Waals surface area contributed by atoms with E-state index in [0.29, 0.717) is 0 Å². The third-order valence-corrected chi connectivity index (χ3v) is 3.92. The average Bonchev–Trinajstić information content (AvgIpc) is 2.74. The van der Waals surface area contributed by atoms with Gasteiger partial charge in [-0.3, -0.25) is 4.79 Å². The Labute approximate surface area is 114 Å². The van der Waals surface area contributed by atoms with Gasteiger partial charge in [0.25, 0.3) is 0 Å². The normalized spacial score (nSPS) is 23.6. The molecule has 0 radical (unpaired) electrons. The van der Waals surface area contributed by atoms with Crippen LogP contribution in [0, 0.1) is 17.2 Å². The zero-order valence-corrected chi connectivity index (χ0v) is 11.0. The summed E-state index contributed by atoms with van der Waals surface area (Å²) in [6.07, 6.45) is 0. The summed E-state index contributed by atoms with van der Waals surface area (Å²) in [5.41, 5.74) is -0.182. The van der Waals surface area contributed by atoms with Crippen molar-refractivity contribution in [2.75, 3.05) is 0 Å². The predicted molar refractivity (Wildman–Crippen MR) is 67.3 cm³/mol. The van der Waals surface area contributed by atoms with Gasteiger partial charge in [0.05, 0.1) is 17.4 Å². The third kappa shape index (κ3) is 1.79. The molecule has 1 aromatic carbocycles. The van der Waals surface area contributed by atoms with Gasteiger partial charge in [0.2, 0.25) is 11.7 Å². The molecular weight excluding hydrogens is 263 g/mol. The molecule has 0 aliphatic heterocycles. The second kappa shape index (κ2) is 4.13. The molecule has 1 heterocycles. The largest absolute Gasteiger partial charge is 0.481 e. The minimum Gasteiger partial charge on any atom is -0.481 e. The van der Waals surface area contributed by atoms with Gasteiger partial charge < -0.3 is 9.63 Å². The van der Waals surface area contributed by atoms with E-state index >= 15 is 0 Å². The molecule has 1 aliphatic carbocycles. The molecule has 0 saturated heterocycles. The van der Waals surface area contributed by atoms with Gasteiger partial charge in [0.15, 0.2) is 0 Å². The predicted octanol–water partition coefficient (Wildman–Crippen LogP) is 2.70. The van der Waals surface area contributed by atoms with Gasteiger partial charge in [-0.25, -0.2) is 4.39 Å². The Morgan fingerprint density at radius 1 is 1.40 bits per heavy atom. The van der Waals surface area contributed by atoms with Gasteiger partial charge in [0.1, 0.15) is 5.82 Å². The van der Waals surface area contributed by atoms with E-state index in [-0.39, 0.29) is 23.2 Å². The van der Waals surface area contributed by atoms with Gasteiger partial charge in [-0.15, -0.1) is 0 Å². The lowest BCUT2D eigenvalue weighted by atomic mass is 10.1. The highest BCUT2D eigenvalue weighted by molar-refractivity contribution is 5.77. The van der Waals surface area contributed by atoms with Crippen LogP contribution in [-0.2, 0) is 4.79 Å². The van der Waals surface area contributed by atoms with Crippen molar-refractivity contribution in [1.82, 2.24) is 10.1 Å². The van der Waals surface area contributed by atoms with Crippen LogP contribution in [0.15, 0.2) is 28.8 Å². The Kier molecular flexibility index (Phi) is 2.64. The molecule has 6 heteroatoms. The minimum absolute atomic E-state index is 0.143. The Morgan fingerprint density at radius 2 is 2.10 bits per heavy atom. The van der Waals surface area contributed by atoms with Crippen LogP contribution in [0.25, 0.3) is 11.4 Å². The van der Waals surface area contributed by atoms with Crippen molar-refractivity contribution in [2.45, 2.75) is 19.8 Å². The van der Waals surface area contributed by atoms with E-state index in [2.05, 4.69) is 10.1 Å². The Bertz CT molecular complexity index is 681. The summed E-state index contributed by atoms with van der Waals surface area (Å²) in [5.74, 6) is -1.80. The van der Waals surface area contributed by atoms with Gasteiger partial charge >= 0.3 is 5.97 Å². The van der Waals surface area contributed by atoms with Crippen LogP contribution in [0.1, 0.15) is 25.7 Å². The molecular formula is C14H13FN2O3. The third-order valence-electron chi connectivity index (χ3n) is 3.92. The molecule has 1 fully saturated rings. The fraction of sp³-hybridized carbons (Fsp3) is 0.357. The molecule has 0 amide bonds. The van der Waals surface area contributed by atoms with Gasteiger partial charge in [-0.2, -0.15) is 4.98 Å². The van der Waals surface area contributed by atoms with E-state index in [9.17, 15) is 9.18 Å². The monoisotopic (exact) mass is 276 g/mol. The van der Waals surface area contributed by atoms with Crippen LogP contribution in [0.4, 0.5) is 4.39 Å². The maximum Gasteiger partial charge on any atom is 0.307 e. The number of halogens is 1. The second-order valence-corrected chi connectivity index (χ2v) is 5.55. The standard InChI is InChI=1S/C14H13FN2O3/c1-14(2)9(10(14)13(18)19)12-16-11(17-20-12)7-5-3-4-6-8(7)15/h3-6,9-10H,1-2H3,(H,18,19). The first-order valence-electron chi connectivity index (χ1n) is 6.24. The number of aromatic nitrogens is 2. The lowest BCUT2D eigenvalue weighted by Gasteiger charge is -1.96. The summed E-state index contributed by atoms with van der Waals surface area (Å²) in [6.45, 7) is 3.67. The molecule has 2 aromatic rings. The van der Waals surface area contributed by atoms with E-state index in [1.54, 1.807) is 18.2 Å². The van der Waals surface area contributed by atoms with Crippen LogP contribution >= 0.6 is 0 Å². The molecule has 1 saturated carbocycles. The summed E-state index contributed by atoms with van der Waals surface area (Å²) >= 11 is 0. The van der Waals surface area contributed by atoms with Crippen LogP contribution < -0.4 is 0 Å². The van der Waals surface area contributed by atoms with Gasteiger partial charge in [-0.05, 0) is 17.5 Å². The molecule has 0 spiro atoms. The summed E-state index contributed by atoms with van der Waals surface area (Å²) < 4.78 is 18.8. The van der Waals surface area contributed by atoms with E-state index in [1.807, 2.05) is 13.8 Å². The van der Waals surface area contributed by atoms with Crippen molar-refractivity contribution in [3.63, 3.8) is 0 Å². The molecule has 1 aromatic heterocycles. The van der Waals surface area contributed by atoms with E-state index < -0.39 is 23.1 Å². The Hall–Kier alpha value is -2.24. The van der Waals surface area contributed by atoms with Crippen molar-refractivity contribution in [3.8, 4) is 11.4 Å². The van der Waals surface area contributed by atoms with Crippen LogP contribution in [0.5, 0.6) is 0 Å². The van der Waals surface area contributed by atoms with E-state index in [1.165, 1.54) is 6.07 Å². The maximum absolute atomic E-state index is 13.6. The van der Waals surface area contributed by atoms with E-state index in [4.69, 9.17) is 9.63 Å². The highest BCUT2D eigenvalue weighted by Gasteiger charge is 2.65. The SMILES string of the molecule is CC1(C)C(C(=O)O)C1c1nc(-c2ccccc2F)no1. The molecule has 5 nitrogen and oxygen atoms in total. The van der Waals surface area contributed by atoms with Crippen molar-refractivity contribution in [2.24, 2.45) is 11.3 Å². The van der Waals surface area contributed by atoms with Crippen molar-refractivity contribution in [3.05, 3.63) is 36.0 Å². The lowest BCUT2D eigenvalue weighted by molar-refractivity contribution is -0.139. The van der Waals surface area contributed by atoms with Crippen molar-refractivity contribution < 1.29 is 18.8 Å². The molecule has 3 rings (SSSR count). The molecule has 2 unspecified atom stereocenters. The lowest BCUT2D eigenvalue weighted by Crippen LogP contribution is -2.03. The fourth-order valence-corrected chi connectivity index (χ4v) is 2.67. The van der Waals surface area contributed by atoms with Crippen LogP contribution in [-0.4, -0.2) is 21.2 Å². The number of hydrogen-bond acceptors (Lipinski definition) is 4. The molecule has 2 atom stereocenters. The summed E-state index contributed by atoms with van der Waals surface area (Å²) in [5, 5.41) is 12.9. The zero-order chi connectivity index (χ0) is 14.5. The number of carbonyl (C=O) groups is 1. The number of aliphatic carboxylic acids is 1. The number of hydrogen-bond donors (Lipinski definition) is 1. The number of rotatable bonds is 3. The first-order chi connectivity index (χ1) is 9.43. The first kappa shape index (κ1) is 12.8. The van der Waals surface area contributed by atoms with Crippen molar-refractivity contribution in [1.29, 1.82) is 0 Å². The quantitative estimate of drug-likeness (QED) is 0.932. The Balaban J connectivity index is 1.93. The maximum atomic E-state index is 13.6. The van der Waals surface area contributed by atoms with Crippen LogP contribution in [0.3, 0.4) is 0 Å². The molecule has 104 valence electrons. The fourth-order valence-electron chi connectivity index (χ4n) is 2.67. The first-order valence-corrected chi connectivity index (χ1v) is 6.24. The average molecular weight is 276 g/mol. The molecule has 20 heavy (non-hydrogen) atoms. The number of carboxylic acid groups (broad SMARTS) is 1. The molecule has 1 aliphatic rings.